The van der Waals surface area contributed by atoms with Gasteiger partial charge in [-0.15, -0.1) is 0 Å². The fourth-order valence-electron chi connectivity index (χ4n) is 1.27. The van der Waals surface area contributed by atoms with E-state index >= 15 is 0 Å². The van der Waals surface area contributed by atoms with Gasteiger partial charge in [-0.25, -0.2) is 9.97 Å². The number of halogens is 1. The number of aromatic nitrogens is 3. The van der Waals surface area contributed by atoms with Crippen molar-refractivity contribution in [3.63, 3.8) is 0 Å². The Balaban J connectivity index is 2.04. The Hall–Kier alpha value is -1.62. The van der Waals surface area contributed by atoms with E-state index in [0.717, 1.165) is 17.1 Å². The van der Waals surface area contributed by atoms with E-state index in [4.69, 9.17) is 16.1 Å². The van der Waals surface area contributed by atoms with E-state index in [1.54, 1.807) is 6.07 Å². The molecule has 0 aliphatic carbocycles. The van der Waals surface area contributed by atoms with Gasteiger partial charge in [0.15, 0.2) is 5.76 Å². The molecule has 2 aromatic rings. The van der Waals surface area contributed by atoms with Gasteiger partial charge in [-0.1, -0.05) is 16.8 Å². The van der Waals surface area contributed by atoms with Crippen LogP contribution in [0.4, 0.5) is 5.95 Å². The molecule has 2 rings (SSSR count). The molecule has 0 spiro atoms. The predicted molar refractivity (Wildman–Crippen MR) is 60.3 cm³/mol. The molecule has 0 aliphatic heterocycles. The number of nitrogens with one attached hydrogen (secondary N) is 1. The van der Waals surface area contributed by atoms with E-state index in [9.17, 15) is 0 Å². The summed E-state index contributed by atoms with van der Waals surface area (Å²) in [4.78, 5) is 8.22. The van der Waals surface area contributed by atoms with Gasteiger partial charge in [0.1, 0.15) is 5.15 Å². The third kappa shape index (κ3) is 2.70. The second-order valence-electron chi connectivity index (χ2n) is 3.44. The van der Waals surface area contributed by atoms with Crippen LogP contribution in [0.1, 0.15) is 17.1 Å². The maximum Gasteiger partial charge on any atom is 0.224 e. The summed E-state index contributed by atoms with van der Waals surface area (Å²) in [6.07, 6.45) is 0. The van der Waals surface area contributed by atoms with Crippen molar-refractivity contribution in [2.45, 2.75) is 20.4 Å². The molecule has 0 aromatic carbocycles. The van der Waals surface area contributed by atoms with Crippen molar-refractivity contribution in [2.24, 2.45) is 0 Å². The van der Waals surface area contributed by atoms with E-state index in [1.807, 2.05) is 19.9 Å². The first-order valence-electron chi connectivity index (χ1n) is 4.81. The minimum Gasteiger partial charge on any atom is -0.359 e. The molecule has 0 bridgehead atoms. The van der Waals surface area contributed by atoms with E-state index < -0.39 is 0 Å². The van der Waals surface area contributed by atoms with Crippen molar-refractivity contribution in [1.82, 2.24) is 15.1 Å². The molecule has 0 saturated heterocycles. The van der Waals surface area contributed by atoms with Gasteiger partial charge in [-0.3, -0.25) is 0 Å². The van der Waals surface area contributed by atoms with E-state index in [2.05, 4.69) is 20.4 Å². The molecule has 2 heterocycles. The summed E-state index contributed by atoms with van der Waals surface area (Å²) in [7, 11) is 0. The summed E-state index contributed by atoms with van der Waals surface area (Å²) < 4.78 is 5.05. The quantitative estimate of drug-likeness (QED) is 0.832. The lowest BCUT2D eigenvalue weighted by atomic mass is 10.4. The molecular weight excluding hydrogens is 228 g/mol. The maximum atomic E-state index is 5.81. The number of nitrogens with zero attached hydrogens (tertiary/aromatic N) is 3. The van der Waals surface area contributed by atoms with E-state index in [1.165, 1.54) is 0 Å². The summed E-state index contributed by atoms with van der Waals surface area (Å²) in [6, 6.07) is 3.55. The minimum absolute atomic E-state index is 0.420. The third-order valence-corrected chi connectivity index (χ3v) is 2.11. The van der Waals surface area contributed by atoms with Gasteiger partial charge in [-0.05, 0) is 19.9 Å². The Labute approximate surface area is 97.8 Å². The molecule has 6 heteroatoms. The second kappa shape index (κ2) is 4.49. The Morgan fingerprint density at radius 2 is 2.06 bits per heavy atom. The fraction of sp³-hybridized carbons (Fsp3) is 0.300. The van der Waals surface area contributed by atoms with Crippen molar-refractivity contribution in [1.29, 1.82) is 0 Å². The van der Waals surface area contributed by atoms with Gasteiger partial charge in [0.05, 0.1) is 12.2 Å². The van der Waals surface area contributed by atoms with E-state index in [0.29, 0.717) is 17.6 Å². The molecule has 84 valence electrons. The van der Waals surface area contributed by atoms with Crippen molar-refractivity contribution < 1.29 is 4.52 Å². The van der Waals surface area contributed by atoms with Crippen molar-refractivity contribution in [3.8, 4) is 0 Å². The van der Waals surface area contributed by atoms with Crippen LogP contribution in [-0.2, 0) is 6.54 Å². The smallest absolute Gasteiger partial charge is 0.224 e. The largest absolute Gasteiger partial charge is 0.359 e. The Morgan fingerprint density at radius 3 is 2.69 bits per heavy atom. The SMILES string of the molecule is Cc1cc(CNc2nc(C)cc(Cl)n2)on1. The summed E-state index contributed by atoms with van der Waals surface area (Å²) in [6.45, 7) is 4.21. The van der Waals surface area contributed by atoms with Crippen molar-refractivity contribution in [2.75, 3.05) is 5.32 Å². The topological polar surface area (TPSA) is 63.8 Å². The minimum atomic E-state index is 0.420. The zero-order valence-corrected chi connectivity index (χ0v) is 9.75. The third-order valence-electron chi connectivity index (χ3n) is 1.92. The Morgan fingerprint density at radius 1 is 1.25 bits per heavy atom. The molecule has 0 unspecified atom stereocenters. The van der Waals surface area contributed by atoms with Crippen LogP contribution in [0.3, 0.4) is 0 Å². The van der Waals surface area contributed by atoms with Crippen LogP contribution >= 0.6 is 11.6 Å². The van der Waals surface area contributed by atoms with Crippen LogP contribution in [-0.4, -0.2) is 15.1 Å². The van der Waals surface area contributed by atoms with Crippen LogP contribution in [0, 0.1) is 13.8 Å². The summed E-state index contributed by atoms with van der Waals surface area (Å²) in [5.41, 5.74) is 1.66. The van der Waals surface area contributed by atoms with E-state index in [-0.39, 0.29) is 0 Å². The van der Waals surface area contributed by atoms with Gasteiger partial charge >= 0.3 is 0 Å². The number of hydrogen-bond donors (Lipinski definition) is 1. The molecule has 0 fully saturated rings. The monoisotopic (exact) mass is 238 g/mol. The van der Waals surface area contributed by atoms with Crippen molar-refractivity contribution in [3.05, 3.63) is 34.4 Å². The maximum absolute atomic E-state index is 5.81. The first kappa shape index (κ1) is 10.9. The highest BCUT2D eigenvalue weighted by atomic mass is 35.5. The highest BCUT2D eigenvalue weighted by Gasteiger charge is 2.03. The first-order valence-corrected chi connectivity index (χ1v) is 5.18. The zero-order valence-electron chi connectivity index (χ0n) is 8.99. The Kier molecular flexibility index (Phi) is 3.05. The number of rotatable bonds is 3. The zero-order chi connectivity index (χ0) is 11.5. The highest BCUT2D eigenvalue weighted by Crippen LogP contribution is 2.11. The van der Waals surface area contributed by atoms with Gasteiger partial charge in [0, 0.05) is 11.8 Å². The summed E-state index contributed by atoms with van der Waals surface area (Å²) in [5, 5.41) is 7.22. The average molecular weight is 239 g/mol. The van der Waals surface area contributed by atoms with Gasteiger partial charge in [0.25, 0.3) is 0 Å². The van der Waals surface area contributed by atoms with Gasteiger partial charge < -0.3 is 9.84 Å². The van der Waals surface area contributed by atoms with Crippen LogP contribution in [0.2, 0.25) is 5.15 Å². The van der Waals surface area contributed by atoms with Gasteiger partial charge in [0.2, 0.25) is 5.95 Å². The van der Waals surface area contributed by atoms with Crippen LogP contribution in [0.15, 0.2) is 16.7 Å². The second-order valence-corrected chi connectivity index (χ2v) is 3.83. The Bertz CT molecular complexity index is 477. The predicted octanol–water partition coefficient (Wildman–Crippen LogP) is 2.35. The van der Waals surface area contributed by atoms with Gasteiger partial charge in [-0.2, -0.15) is 0 Å². The normalized spacial score (nSPS) is 10.4. The molecule has 1 N–H and O–H groups in total. The molecule has 5 nitrogen and oxygen atoms in total. The number of anilines is 1. The average Bonchev–Trinajstić information content (AvgIpc) is 2.60. The van der Waals surface area contributed by atoms with Crippen LogP contribution in [0.5, 0.6) is 0 Å². The summed E-state index contributed by atoms with van der Waals surface area (Å²) in [5.74, 6) is 1.22. The molecule has 0 aliphatic rings. The molecule has 0 amide bonds. The first-order chi connectivity index (χ1) is 7.63. The lowest BCUT2D eigenvalue weighted by molar-refractivity contribution is 0.384. The molecule has 0 saturated carbocycles. The molecule has 16 heavy (non-hydrogen) atoms. The molecule has 2 aromatic heterocycles. The van der Waals surface area contributed by atoms with Crippen LogP contribution < -0.4 is 5.32 Å². The van der Waals surface area contributed by atoms with Crippen LogP contribution in [0.25, 0.3) is 0 Å². The number of hydrogen-bond acceptors (Lipinski definition) is 5. The lowest BCUT2D eigenvalue weighted by Crippen LogP contribution is -2.03. The number of aryl methyl sites for hydroxylation is 2. The molecular formula is C10H11ClN4O. The lowest BCUT2D eigenvalue weighted by Gasteiger charge is -2.03. The molecule has 0 radical (unpaired) electrons. The van der Waals surface area contributed by atoms with Crippen molar-refractivity contribution >= 4 is 17.5 Å². The highest BCUT2D eigenvalue weighted by molar-refractivity contribution is 6.29. The summed E-state index contributed by atoms with van der Waals surface area (Å²) >= 11 is 5.81. The standard InChI is InChI=1S/C10H11ClN4O/c1-6-4-9(11)14-10(13-6)12-5-8-3-7(2)15-16-8/h3-4H,5H2,1-2H3,(H,12,13,14). The molecule has 0 atom stereocenters. The fourth-order valence-corrected chi connectivity index (χ4v) is 1.51.